The number of nitrogens with two attached hydrogens (primary N) is 1. The fraction of sp³-hybridized carbons (Fsp3) is 0.200. The average Bonchev–Trinajstić information content (AvgIpc) is 3.30. The number of nitrogens with zero attached hydrogens (tertiary/aromatic N) is 5. The van der Waals surface area contributed by atoms with E-state index in [0.29, 0.717) is 40.2 Å². The molecule has 0 bridgehead atoms. The Labute approximate surface area is 194 Å². The third kappa shape index (κ3) is 3.55. The summed E-state index contributed by atoms with van der Waals surface area (Å²) in [4.78, 5) is 24.8. The minimum Gasteiger partial charge on any atom is -0.383 e. The first kappa shape index (κ1) is 21.6. The van der Waals surface area contributed by atoms with Crippen molar-refractivity contribution in [2.45, 2.75) is 34.2 Å². The van der Waals surface area contributed by atoms with Crippen LogP contribution in [0.3, 0.4) is 0 Å². The summed E-state index contributed by atoms with van der Waals surface area (Å²) in [6.07, 6.45) is 1.47. The fourth-order valence-electron chi connectivity index (χ4n) is 4.31. The lowest BCUT2D eigenvalue weighted by molar-refractivity contribution is 0.628. The molecule has 0 atom stereocenters. The summed E-state index contributed by atoms with van der Waals surface area (Å²) in [6, 6.07) is 10.7. The van der Waals surface area contributed by atoms with Gasteiger partial charge in [-0.2, -0.15) is 9.78 Å². The Bertz CT molecular complexity index is 1630. The second-order valence-electron chi connectivity index (χ2n) is 8.55. The largest absolute Gasteiger partial charge is 0.383 e. The molecule has 0 spiro atoms. The molecule has 8 nitrogen and oxygen atoms in total. The Morgan fingerprint density at radius 2 is 1.85 bits per heavy atom. The smallest absolute Gasteiger partial charge is 0.350 e. The van der Waals surface area contributed by atoms with E-state index in [0.717, 1.165) is 22.4 Å². The number of hydrogen-bond donors (Lipinski definition) is 2. The topological polar surface area (TPSA) is 107 Å². The van der Waals surface area contributed by atoms with Crippen molar-refractivity contribution in [3.8, 4) is 16.8 Å². The highest BCUT2D eigenvalue weighted by atomic mass is 19.1. The van der Waals surface area contributed by atoms with Gasteiger partial charge in [-0.25, -0.2) is 19.2 Å². The molecule has 0 saturated carbocycles. The van der Waals surface area contributed by atoms with E-state index in [1.54, 1.807) is 19.1 Å². The van der Waals surface area contributed by atoms with Crippen molar-refractivity contribution in [3.05, 3.63) is 87.2 Å². The Kier molecular flexibility index (Phi) is 5.04. The molecule has 0 aliphatic carbocycles. The van der Waals surface area contributed by atoms with Crippen LogP contribution in [0.15, 0.2) is 47.5 Å². The van der Waals surface area contributed by atoms with Crippen LogP contribution < -0.4 is 11.4 Å². The molecule has 2 aromatic carbocycles. The van der Waals surface area contributed by atoms with Gasteiger partial charge in [0.2, 0.25) is 0 Å². The van der Waals surface area contributed by atoms with Crippen molar-refractivity contribution >= 4 is 16.9 Å². The van der Waals surface area contributed by atoms with Crippen molar-refractivity contribution in [2.24, 2.45) is 0 Å². The number of anilines is 1. The van der Waals surface area contributed by atoms with Gasteiger partial charge >= 0.3 is 5.69 Å². The molecule has 0 aliphatic heterocycles. The van der Waals surface area contributed by atoms with E-state index < -0.39 is 5.82 Å². The van der Waals surface area contributed by atoms with Crippen LogP contribution in [0, 0.1) is 33.5 Å². The van der Waals surface area contributed by atoms with E-state index in [4.69, 9.17) is 5.73 Å². The number of halogens is 1. The molecule has 3 heterocycles. The van der Waals surface area contributed by atoms with Gasteiger partial charge in [-0.15, -0.1) is 0 Å². The highest BCUT2D eigenvalue weighted by Crippen LogP contribution is 2.36. The van der Waals surface area contributed by atoms with Crippen LogP contribution in [0.25, 0.3) is 27.8 Å². The summed E-state index contributed by atoms with van der Waals surface area (Å²) in [5.74, 6) is 0.314. The molecule has 3 N–H and O–H groups in total. The van der Waals surface area contributed by atoms with E-state index in [9.17, 15) is 4.79 Å². The van der Waals surface area contributed by atoms with E-state index in [-0.39, 0.29) is 11.5 Å². The lowest BCUT2D eigenvalue weighted by atomic mass is 10.0. The minimum absolute atomic E-state index is 0.284. The van der Waals surface area contributed by atoms with Crippen LogP contribution in [0.5, 0.6) is 0 Å². The first-order chi connectivity index (χ1) is 16.2. The summed E-state index contributed by atoms with van der Waals surface area (Å²) < 4.78 is 18.1. The molecule has 172 valence electrons. The van der Waals surface area contributed by atoms with Gasteiger partial charge in [0, 0.05) is 22.9 Å². The molecular formula is C25H24FN7O. The van der Waals surface area contributed by atoms with Crippen molar-refractivity contribution in [2.75, 3.05) is 5.73 Å². The number of H-pyrrole nitrogens is 1. The lowest BCUT2D eigenvalue weighted by Gasteiger charge is -2.08. The van der Waals surface area contributed by atoms with Crippen molar-refractivity contribution in [3.63, 3.8) is 0 Å². The molecule has 9 heteroatoms. The van der Waals surface area contributed by atoms with Crippen LogP contribution in [0.2, 0.25) is 0 Å². The molecule has 0 saturated heterocycles. The number of nitrogen functional groups attached to an aromatic ring is 1. The van der Waals surface area contributed by atoms with Crippen molar-refractivity contribution in [1.29, 1.82) is 0 Å². The molecule has 5 aromatic rings. The maximum atomic E-state index is 15.4. The summed E-state index contributed by atoms with van der Waals surface area (Å²) in [5, 5.41) is 4.79. The number of nitrogens with one attached hydrogen (secondary N) is 1. The fourth-order valence-corrected chi connectivity index (χ4v) is 4.31. The molecule has 0 amide bonds. The van der Waals surface area contributed by atoms with Crippen LogP contribution in [0.1, 0.15) is 28.2 Å². The average molecular weight is 458 g/mol. The number of hydrogen-bond acceptors (Lipinski definition) is 5. The van der Waals surface area contributed by atoms with Gasteiger partial charge in [0.25, 0.3) is 0 Å². The van der Waals surface area contributed by atoms with Gasteiger partial charge in [0.15, 0.2) is 0 Å². The Morgan fingerprint density at radius 1 is 1.06 bits per heavy atom. The number of benzene rings is 2. The normalized spacial score (nSPS) is 11.4. The summed E-state index contributed by atoms with van der Waals surface area (Å²) in [5.41, 5.74) is 11.6. The second-order valence-corrected chi connectivity index (χ2v) is 8.55. The third-order valence-electron chi connectivity index (χ3n) is 6.02. The molecule has 0 aliphatic rings. The maximum absolute atomic E-state index is 15.4. The second kappa shape index (κ2) is 7.95. The predicted molar refractivity (Wildman–Crippen MR) is 130 cm³/mol. The van der Waals surface area contributed by atoms with E-state index >= 15 is 4.39 Å². The Hall–Kier alpha value is -4.27. The third-order valence-corrected chi connectivity index (χ3v) is 6.02. The molecular weight excluding hydrogens is 433 g/mol. The first-order valence-corrected chi connectivity index (χ1v) is 10.9. The van der Waals surface area contributed by atoms with Gasteiger partial charge in [-0.05, 0) is 51.0 Å². The summed E-state index contributed by atoms with van der Waals surface area (Å²) >= 11 is 0. The maximum Gasteiger partial charge on any atom is 0.350 e. The van der Waals surface area contributed by atoms with Gasteiger partial charge < -0.3 is 10.7 Å². The van der Waals surface area contributed by atoms with E-state index in [1.165, 1.54) is 21.6 Å². The minimum atomic E-state index is -0.502. The highest BCUT2D eigenvalue weighted by molar-refractivity contribution is 6.02. The quantitative estimate of drug-likeness (QED) is 0.425. The molecule has 5 rings (SSSR count). The van der Waals surface area contributed by atoms with E-state index in [1.807, 2.05) is 39.0 Å². The van der Waals surface area contributed by atoms with Crippen LogP contribution in [0.4, 0.5) is 10.2 Å². The summed E-state index contributed by atoms with van der Waals surface area (Å²) in [6.45, 7) is 7.98. The monoisotopic (exact) mass is 457 g/mol. The number of aromatic amines is 1. The van der Waals surface area contributed by atoms with Gasteiger partial charge in [0.1, 0.15) is 29.4 Å². The molecule has 34 heavy (non-hydrogen) atoms. The zero-order chi connectivity index (χ0) is 24.1. The van der Waals surface area contributed by atoms with Gasteiger partial charge in [-0.1, -0.05) is 23.8 Å². The van der Waals surface area contributed by atoms with Gasteiger partial charge in [0.05, 0.1) is 17.6 Å². The molecule has 0 radical (unpaired) electrons. The zero-order valence-electron chi connectivity index (χ0n) is 19.3. The van der Waals surface area contributed by atoms with E-state index in [2.05, 4.69) is 20.1 Å². The van der Waals surface area contributed by atoms with Crippen molar-refractivity contribution in [1.82, 2.24) is 29.3 Å². The van der Waals surface area contributed by atoms with Crippen LogP contribution in [-0.4, -0.2) is 29.3 Å². The lowest BCUT2D eigenvalue weighted by Crippen LogP contribution is -2.24. The van der Waals surface area contributed by atoms with Crippen molar-refractivity contribution < 1.29 is 4.39 Å². The number of aromatic nitrogens is 6. The first-order valence-electron chi connectivity index (χ1n) is 10.9. The molecule has 0 unspecified atom stereocenters. The predicted octanol–water partition coefficient (Wildman–Crippen LogP) is 3.98. The molecule has 3 aromatic heterocycles. The highest BCUT2D eigenvalue weighted by Gasteiger charge is 2.19. The number of rotatable bonds is 4. The zero-order valence-corrected chi connectivity index (χ0v) is 19.3. The standard InChI is InChI=1S/C25H24FN7O/c1-13-5-6-14(2)17(9-13)11-32-12-28-33(25(32)34)18-7-8-19(20(26)10-18)21-15(3)29-24-22(21)23(27)30-16(4)31-24/h5-10,12H,11H2,1-4H3,(H3,27,29,30,31). The molecule has 0 fully saturated rings. The Morgan fingerprint density at radius 3 is 2.62 bits per heavy atom. The van der Waals surface area contributed by atoms with Crippen LogP contribution >= 0.6 is 0 Å². The summed E-state index contributed by atoms with van der Waals surface area (Å²) in [7, 11) is 0. The number of aryl methyl sites for hydroxylation is 4. The van der Waals surface area contributed by atoms with Crippen LogP contribution in [-0.2, 0) is 6.54 Å². The SMILES string of the molecule is Cc1ccc(C)c(Cn2cnn(-c3ccc(-c4c(C)[nH]c5nc(C)nc(N)c45)c(F)c3)c2=O)c1. The Balaban J connectivity index is 1.54. The number of fused-ring (bicyclic) bond motifs is 1. The van der Waals surface area contributed by atoms with Gasteiger partial charge in [-0.3, -0.25) is 4.57 Å².